The summed E-state index contributed by atoms with van der Waals surface area (Å²) < 4.78 is 32.8. The number of halogens is 4. The number of rotatable bonds is 7. The molecule has 1 atom stereocenters. The molecule has 32 heavy (non-hydrogen) atoms. The summed E-state index contributed by atoms with van der Waals surface area (Å²) in [5.41, 5.74) is 1.03. The molecule has 3 aromatic rings. The number of aliphatic hydroxyl groups is 1. The van der Waals surface area contributed by atoms with Crippen molar-refractivity contribution in [1.82, 2.24) is 9.88 Å². The minimum Gasteiger partial charge on any atom is -0.491 e. The molecule has 176 valence electrons. The summed E-state index contributed by atoms with van der Waals surface area (Å²) >= 11 is 1.71. The maximum Gasteiger partial charge on any atom is 0.186 e. The highest BCUT2D eigenvalue weighted by Gasteiger charge is 2.25. The maximum absolute atomic E-state index is 13.2. The van der Waals surface area contributed by atoms with Crippen molar-refractivity contribution >= 4 is 60.6 Å². The normalized spacial score (nSPS) is 15.6. The fourth-order valence-corrected chi connectivity index (χ4v) is 4.76. The third-order valence-electron chi connectivity index (χ3n) is 5.49. The van der Waals surface area contributed by atoms with E-state index in [1.54, 1.807) is 11.3 Å². The van der Waals surface area contributed by atoms with Gasteiger partial charge in [-0.2, -0.15) is 0 Å². The minimum absolute atomic E-state index is 0. The average molecular weight is 595 g/mol. The van der Waals surface area contributed by atoms with E-state index in [1.807, 2.05) is 18.2 Å². The van der Waals surface area contributed by atoms with Gasteiger partial charge in [-0.25, -0.2) is 13.8 Å². The fraction of sp³-hybridized carbons (Fsp3) is 0.409. The van der Waals surface area contributed by atoms with Crippen LogP contribution in [-0.4, -0.2) is 60.4 Å². The number of ether oxygens (including phenoxy) is 1. The lowest BCUT2D eigenvalue weighted by Crippen LogP contribution is -2.46. The Balaban J connectivity index is 0.00000181. The van der Waals surface area contributed by atoms with E-state index in [0.29, 0.717) is 12.6 Å². The summed E-state index contributed by atoms with van der Waals surface area (Å²) in [5.74, 6) is -1.66. The zero-order valence-corrected chi connectivity index (χ0v) is 21.9. The van der Waals surface area contributed by atoms with Crippen molar-refractivity contribution in [2.45, 2.75) is 25.0 Å². The summed E-state index contributed by atoms with van der Waals surface area (Å²) in [7, 11) is 2.10. The molecule has 1 fully saturated rings. The molecule has 1 aliphatic heterocycles. The third kappa shape index (κ3) is 6.60. The second-order valence-electron chi connectivity index (χ2n) is 7.65. The van der Waals surface area contributed by atoms with Crippen LogP contribution in [0.2, 0.25) is 0 Å². The van der Waals surface area contributed by atoms with E-state index in [9.17, 15) is 13.9 Å². The number of piperidine rings is 1. The van der Waals surface area contributed by atoms with E-state index in [1.165, 1.54) is 10.8 Å². The van der Waals surface area contributed by atoms with Gasteiger partial charge >= 0.3 is 0 Å². The summed E-state index contributed by atoms with van der Waals surface area (Å²) in [6.45, 7) is 2.28. The van der Waals surface area contributed by atoms with Gasteiger partial charge in [0.1, 0.15) is 18.5 Å². The molecule has 0 amide bonds. The molecular formula is C22H27Br2F2N3O2S. The predicted molar refractivity (Wildman–Crippen MR) is 136 cm³/mol. The van der Waals surface area contributed by atoms with Crippen molar-refractivity contribution in [3.8, 4) is 5.75 Å². The number of aromatic nitrogens is 1. The van der Waals surface area contributed by atoms with Gasteiger partial charge in [-0.1, -0.05) is 23.5 Å². The van der Waals surface area contributed by atoms with Crippen LogP contribution in [-0.2, 0) is 0 Å². The lowest BCUT2D eigenvalue weighted by atomic mass is 10.0. The monoisotopic (exact) mass is 593 g/mol. The van der Waals surface area contributed by atoms with Gasteiger partial charge in [0, 0.05) is 38.8 Å². The highest BCUT2D eigenvalue weighted by Crippen LogP contribution is 2.30. The molecule has 1 saturated heterocycles. The number of thiazole rings is 1. The van der Waals surface area contributed by atoms with Gasteiger partial charge in [-0.05, 0) is 37.1 Å². The molecule has 0 spiro atoms. The van der Waals surface area contributed by atoms with Crippen LogP contribution in [0.15, 0.2) is 42.5 Å². The number of likely N-dealkylation sites (tertiary alicyclic amines) is 1. The third-order valence-corrected chi connectivity index (χ3v) is 6.62. The van der Waals surface area contributed by atoms with Gasteiger partial charge in [0.25, 0.3) is 0 Å². The van der Waals surface area contributed by atoms with Crippen LogP contribution in [0.25, 0.3) is 10.2 Å². The molecule has 1 aliphatic rings. The number of anilines is 1. The zero-order chi connectivity index (χ0) is 21.1. The number of para-hydroxylation sites is 1. The summed E-state index contributed by atoms with van der Waals surface area (Å²) in [6, 6.07) is 11.9. The van der Waals surface area contributed by atoms with Gasteiger partial charge < -0.3 is 19.6 Å². The van der Waals surface area contributed by atoms with Crippen LogP contribution in [0.5, 0.6) is 5.75 Å². The molecule has 1 aromatic heterocycles. The van der Waals surface area contributed by atoms with Gasteiger partial charge in [-0.15, -0.1) is 34.0 Å². The Hall–Kier alpha value is -1.33. The second-order valence-corrected chi connectivity index (χ2v) is 8.66. The van der Waals surface area contributed by atoms with Crippen LogP contribution < -0.4 is 9.64 Å². The van der Waals surface area contributed by atoms with E-state index in [0.717, 1.165) is 48.7 Å². The van der Waals surface area contributed by atoms with E-state index < -0.39 is 17.7 Å². The van der Waals surface area contributed by atoms with E-state index in [2.05, 4.69) is 22.9 Å². The number of hydrogen-bond donors (Lipinski definition) is 1. The highest BCUT2D eigenvalue weighted by atomic mass is 79.9. The molecule has 2 aromatic carbocycles. The average Bonchev–Trinajstić information content (AvgIpc) is 3.19. The molecule has 0 saturated carbocycles. The molecular weight excluding hydrogens is 568 g/mol. The topological polar surface area (TPSA) is 48.8 Å². The molecule has 4 rings (SSSR count). The number of nitrogens with zero attached hydrogens (tertiary/aromatic N) is 3. The Kier molecular flexibility index (Phi) is 10.3. The SMILES string of the molecule is Br.Br.CN(c1nc2ccccc2s1)C1CCN(C[C@H](O)COc2ccc(F)c(F)c2)CC1. The quantitative estimate of drug-likeness (QED) is 0.414. The van der Waals surface area contributed by atoms with Crippen molar-refractivity contribution in [1.29, 1.82) is 0 Å². The maximum atomic E-state index is 13.2. The van der Waals surface area contributed by atoms with Gasteiger partial charge in [0.15, 0.2) is 16.8 Å². The fourth-order valence-electron chi connectivity index (χ4n) is 3.77. The largest absolute Gasteiger partial charge is 0.491 e. The van der Waals surface area contributed by atoms with Crippen LogP contribution in [0.1, 0.15) is 12.8 Å². The number of aliphatic hydroxyl groups excluding tert-OH is 1. The van der Waals surface area contributed by atoms with E-state index in [-0.39, 0.29) is 46.3 Å². The second kappa shape index (κ2) is 12.2. The van der Waals surface area contributed by atoms with Gasteiger partial charge in [0.05, 0.1) is 10.2 Å². The van der Waals surface area contributed by atoms with Crippen LogP contribution in [0.3, 0.4) is 0 Å². The molecule has 0 aliphatic carbocycles. The summed E-state index contributed by atoms with van der Waals surface area (Å²) in [5, 5.41) is 11.3. The number of hydrogen-bond acceptors (Lipinski definition) is 6. The minimum atomic E-state index is -0.957. The number of β-amino-alcohol motifs (C(OH)–C–C–N with tert-alkyl or cyclic N) is 1. The first-order valence-electron chi connectivity index (χ1n) is 10.1. The Morgan fingerprint density at radius 2 is 1.88 bits per heavy atom. The zero-order valence-electron chi connectivity index (χ0n) is 17.6. The lowest BCUT2D eigenvalue weighted by Gasteiger charge is -2.37. The molecule has 0 unspecified atom stereocenters. The van der Waals surface area contributed by atoms with E-state index in [4.69, 9.17) is 9.72 Å². The molecule has 10 heteroatoms. The molecule has 0 radical (unpaired) electrons. The Bertz CT molecular complexity index is 969. The number of benzene rings is 2. The van der Waals surface area contributed by atoms with Crippen LogP contribution in [0, 0.1) is 11.6 Å². The molecule has 0 bridgehead atoms. The molecule has 1 N–H and O–H groups in total. The Labute approximate surface area is 211 Å². The predicted octanol–water partition coefficient (Wildman–Crippen LogP) is 5.07. The van der Waals surface area contributed by atoms with Crippen LogP contribution in [0.4, 0.5) is 13.9 Å². The first-order chi connectivity index (χ1) is 14.5. The summed E-state index contributed by atoms with van der Waals surface area (Å²) in [6.07, 6.45) is 1.28. The number of fused-ring (bicyclic) bond motifs is 1. The van der Waals surface area contributed by atoms with Crippen molar-refractivity contribution in [3.05, 3.63) is 54.1 Å². The van der Waals surface area contributed by atoms with Crippen molar-refractivity contribution in [3.63, 3.8) is 0 Å². The van der Waals surface area contributed by atoms with Crippen molar-refractivity contribution in [2.75, 3.05) is 38.2 Å². The lowest BCUT2D eigenvalue weighted by molar-refractivity contribution is 0.0593. The highest BCUT2D eigenvalue weighted by molar-refractivity contribution is 8.93. The first kappa shape index (κ1) is 26.9. The van der Waals surface area contributed by atoms with Crippen molar-refractivity contribution in [2.24, 2.45) is 0 Å². The summed E-state index contributed by atoms with van der Waals surface area (Å²) in [4.78, 5) is 9.22. The van der Waals surface area contributed by atoms with Gasteiger partial charge in [-0.3, -0.25) is 0 Å². The molecule has 2 heterocycles. The Morgan fingerprint density at radius 1 is 1.16 bits per heavy atom. The molecule has 5 nitrogen and oxygen atoms in total. The standard InChI is InChI=1S/C22H25F2N3O2S.2BrH/c1-26(22-25-20-4-2-3-5-21(20)30-22)15-8-10-27(11-9-15)13-16(28)14-29-17-6-7-18(23)19(24)12-17;;/h2-7,12,15-16,28H,8-11,13-14H2,1H3;2*1H/t16-;;/m0../s1. The van der Waals surface area contributed by atoms with E-state index >= 15 is 0 Å². The smallest absolute Gasteiger partial charge is 0.186 e. The van der Waals surface area contributed by atoms with Gasteiger partial charge in [0.2, 0.25) is 0 Å². The first-order valence-corrected chi connectivity index (χ1v) is 10.9. The Morgan fingerprint density at radius 3 is 2.56 bits per heavy atom. The van der Waals surface area contributed by atoms with Crippen molar-refractivity contribution < 1.29 is 18.6 Å². The van der Waals surface area contributed by atoms with Crippen LogP contribution >= 0.6 is 45.3 Å².